The first kappa shape index (κ1) is 27.7. The molecule has 0 fully saturated rings. The fourth-order valence-electron chi connectivity index (χ4n) is 3.46. The Balaban J connectivity index is 0.000000448. The first-order valence-corrected chi connectivity index (χ1v) is 12.3. The van der Waals surface area contributed by atoms with Gasteiger partial charge in [0.2, 0.25) is 5.91 Å². The topological polar surface area (TPSA) is 139 Å². The Bertz CT molecular complexity index is 1630. The summed E-state index contributed by atoms with van der Waals surface area (Å²) < 4.78 is 37.9. The summed E-state index contributed by atoms with van der Waals surface area (Å²) in [6.45, 7) is 0. The fraction of sp³-hybridized carbons (Fsp3) is 0.167. The number of anilines is 1. The van der Waals surface area contributed by atoms with Gasteiger partial charge in [-0.1, -0.05) is 29.8 Å². The van der Waals surface area contributed by atoms with E-state index in [-0.39, 0.29) is 12.3 Å². The van der Waals surface area contributed by atoms with E-state index in [2.05, 4.69) is 30.0 Å². The van der Waals surface area contributed by atoms with Crippen LogP contribution in [0.1, 0.15) is 16.1 Å². The number of aliphatic carboxylic acids is 1. The second kappa shape index (κ2) is 11.6. The Morgan fingerprint density at radius 3 is 2.67 bits per heavy atom. The summed E-state index contributed by atoms with van der Waals surface area (Å²) in [6, 6.07) is 11.5. The van der Waals surface area contributed by atoms with Crippen molar-refractivity contribution in [3.63, 3.8) is 0 Å². The van der Waals surface area contributed by atoms with Gasteiger partial charge in [0.1, 0.15) is 5.01 Å². The van der Waals surface area contributed by atoms with Crippen LogP contribution in [-0.2, 0) is 29.5 Å². The van der Waals surface area contributed by atoms with Gasteiger partial charge in [-0.05, 0) is 40.9 Å². The Labute approximate surface area is 227 Å². The van der Waals surface area contributed by atoms with Crippen LogP contribution in [0, 0.1) is 0 Å². The summed E-state index contributed by atoms with van der Waals surface area (Å²) in [6.07, 6.45) is 0.999. The first-order valence-electron chi connectivity index (χ1n) is 11.1. The highest BCUT2D eigenvalue weighted by Gasteiger charge is 2.38. The number of fused-ring (bicyclic) bond motifs is 1. The summed E-state index contributed by atoms with van der Waals surface area (Å²) in [5.74, 6) is -2.24. The van der Waals surface area contributed by atoms with E-state index in [1.165, 1.54) is 11.5 Å². The number of hydrogen-bond acceptors (Lipinski definition) is 7. The highest BCUT2D eigenvalue weighted by Crippen LogP contribution is 2.29. The second-order valence-corrected chi connectivity index (χ2v) is 9.40. The van der Waals surface area contributed by atoms with Crippen LogP contribution in [0.2, 0.25) is 5.02 Å². The lowest BCUT2D eigenvalue weighted by Crippen LogP contribution is -2.21. The van der Waals surface area contributed by atoms with E-state index in [1.807, 2.05) is 49.6 Å². The van der Waals surface area contributed by atoms with Gasteiger partial charge in [-0.15, -0.1) is 0 Å². The van der Waals surface area contributed by atoms with Crippen molar-refractivity contribution < 1.29 is 27.9 Å². The van der Waals surface area contributed by atoms with Crippen LogP contribution < -0.4 is 5.32 Å². The van der Waals surface area contributed by atoms with Crippen molar-refractivity contribution in [1.82, 2.24) is 29.3 Å². The van der Waals surface area contributed by atoms with Gasteiger partial charge in [0.25, 0.3) is 0 Å². The predicted molar refractivity (Wildman–Crippen MR) is 138 cm³/mol. The number of H-pyrrole nitrogens is 1. The Hall–Kier alpha value is -4.30. The number of aromatic amines is 1. The smallest absolute Gasteiger partial charge is 0.475 e. The molecule has 0 radical (unpaired) electrons. The number of aryl methyl sites for hydroxylation is 1. The zero-order valence-corrected chi connectivity index (χ0v) is 21.6. The van der Waals surface area contributed by atoms with Crippen LogP contribution in [-0.4, -0.2) is 52.5 Å². The lowest BCUT2D eigenvalue weighted by molar-refractivity contribution is -0.192. The molecule has 3 N–H and O–H groups in total. The van der Waals surface area contributed by atoms with E-state index in [9.17, 15) is 18.0 Å². The largest absolute Gasteiger partial charge is 0.490 e. The second-order valence-electron chi connectivity index (χ2n) is 8.19. The van der Waals surface area contributed by atoms with Crippen molar-refractivity contribution >= 4 is 51.6 Å². The molecule has 0 bridgehead atoms. The molecule has 0 spiro atoms. The molecule has 3 aromatic heterocycles. The standard InChI is InChI=1S/C22H18ClN7OS.C2HF3O2/c1-30-12-13(10-25-30)7-19(31)26-16-4-2-3-15(8-16)22-27-20(32-29-22)9-14-5-6-18-17(21(14)23)11-24-28-18;3-2(4,5)1(6)7/h2-6,8,10-12H,7,9H2,1H3,(H,24,28)(H,26,31);(H,6,7). The maximum absolute atomic E-state index is 12.4. The molecule has 0 aliphatic rings. The minimum absolute atomic E-state index is 0.105. The van der Waals surface area contributed by atoms with Crippen LogP contribution >= 0.6 is 23.1 Å². The maximum Gasteiger partial charge on any atom is 0.490 e. The zero-order valence-electron chi connectivity index (χ0n) is 20.0. The van der Waals surface area contributed by atoms with E-state index in [4.69, 9.17) is 21.5 Å². The van der Waals surface area contributed by atoms with Gasteiger partial charge in [0.15, 0.2) is 5.82 Å². The number of nitrogens with zero attached hydrogens (tertiary/aromatic N) is 5. The molecule has 0 unspecified atom stereocenters. The van der Waals surface area contributed by atoms with E-state index >= 15 is 0 Å². The van der Waals surface area contributed by atoms with Crippen LogP contribution in [0.3, 0.4) is 0 Å². The van der Waals surface area contributed by atoms with Gasteiger partial charge in [-0.3, -0.25) is 14.6 Å². The van der Waals surface area contributed by atoms with E-state index in [0.29, 0.717) is 23.0 Å². The summed E-state index contributed by atoms with van der Waals surface area (Å²) in [7, 11) is 1.82. The summed E-state index contributed by atoms with van der Waals surface area (Å²) in [4.78, 5) is 25.9. The average Bonchev–Trinajstić information content (AvgIpc) is 3.62. The van der Waals surface area contributed by atoms with Gasteiger partial charge >= 0.3 is 12.1 Å². The first-order chi connectivity index (χ1) is 18.5. The van der Waals surface area contributed by atoms with Crippen molar-refractivity contribution in [2.45, 2.75) is 19.0 Å². The predicted octanol–water partition coefficient (Wildman–Crippen LogP) is 4.87. The highest BCUT2D eigenvalue weighted by atomic mass is 35.5. The van der Waals surface area contributed by atoms with Crippen LogP contribution in [0.4, 0.5) is 18.9 Å². The number of carbonyl (C=O) groups excluding carboxylic acids is 1. The van der Waals surface area contributed by atoms with Crippen LogP contribution in [0.15, 0.2) is 55.0 Å². The molecule has 0 saturated carbocycles. The number of aromatic nitrogens is 6. The number of nitrogens with one attached hydrogen (secondary N) is 2. The van der Waals surface area contributed by atoms with Gasteiger partial charge < -0.3 is 10.4 Å². The number of benzene rings is 2. The number of halogens is 4. The quantitative estimate of drug-likeness (QED) is 0.261. The van der Waals surface area contributed by atoms with E-state index < -0.39 is 12.1 Å². The molecule has 0 aliphatic carbocycles. The Morgan fingerprint density at radius 1 is 1.21 bits per heavy atom. The SMILES string of the molecule is Cn1cc(CC(=O)Nc2cccc(-c3nsc(Cc4ccc5[nH]ncc5c4Cl)n3)c2)cn1.O=C(O)C(F)(F)F. The molecule has 0 atom stereocenters. The molecule has 1 amide bonds. The lowest BCUT2D eigenvalue weighted by Gasteiger charge is -2.05. The van der Waals surface area contributed by atoms with Crippen molar-refractivity contribution in [3.05, 3.63) is 76.1 Å². The van der Waals surface area contributed by atoms with E-state index in [0.717, 1.165) is 32.6 Å². The van der Waals surface area contributed by atoms with Crippen LogP contribution in [0.5, 0.6) is 0 Å². The molecule has 202 valence electrons. The molecule has 15 heteroatoms. The van der Waals surface area contributed by atoms with Crippen molar-refractivity contribution in [3.8, 4) is 11.4 Å². The third-order valence-corrected chi connectivity index (χ3v) is 6.38. The number of amides is 1. The monoisotopic (exact) mass is 577 g/mol. The molecule has 3 heterocycles. The van der Waals surface area contributed by atoms with Crippen molar-refractivity contribution in [2.75, 3.05) is 5.32 Å². The number of carboxylic acid groups (broad SMARTS) is 1. The number of hydrogen-bond donors (Lipinski definition) is 3. The molecule has 2 aromatic carbocycles. The molecule has 5 aromatic rings. The minimum atomic E-state index is -5.08. The molecule has 0 aliphatic heterocycles. The summed E-state index contributed by atoms with van der Waals surface area (Å²) in [5, 5.41) is 23.5. The van der Waals surface area contributed by atoms with Crippen LogP contribution in [0.25, 0.3) is 22.3 Å². The lowest BCUT2D eigenvalue weighted by atomic mass is 10.1. The number of carboxylic acids is 1. The number of carbonyl (C=O) groups is 2. The van der Waals surface area contributed by atoms with Gasteiger partial charge in [0.05, 0.1) is 29.4 Å². The number of alkyl halides is 3. The summed E-state index contributed by atoms with van der Waals surface area (Å²) >= 11 is 7.88. The Kier molecular flexibility index (Phi) is 8.26. The Morgan fingerprint density at radius 2 is 1.97 bits per heavy atom. The summed E-state index contributed by atoms with van der Waals surface area (Å²) in [5.41, 5.74) is 4.27. The minimum Gasteiger partial charge on any atom is -0.475 e. The highest BCUT2D eigenvalue weighted by molar-refractivity contribution is 7.05. The zero-order chi connectivity index (χ0) is 28.2. The third kappa shape index (κ3) is 7.18. The van der Waals surface area contributed by atoms with Crippen molar-refractivity contribution in [1.29, 1.82) is 0 Å². The normalized spacial score (nSPS) is 11.2. The fourth-order valence-corrected chi connectivity index (χ4v) is 4.43. The third-order valence-electron chi connectivity index (χ3n) is 5.22. The molecule has 39 heavy (non-hydrogen) atoms. The maximum atomic E-state index is 12.4. The van der Waals surface area contributed by atoms with Gasteiger partial charge in [0, 0.05) is 36.3 Å². The molecule has 5 rings (SSSR count). The van der Waals surface area contributed by atoms with Gasteiger partial charge in [-0.25, -0.2) is 9.78 Å². The van der Waals surface area contributed by atoms with Crippen molar-refractivity contribution in [2.24, 2.45) is 7.05 Å². The number of rotatable bonds is 6. The molecular formula is C24H19ClF3N7O3S. The molecule has 0 saturated heterocycles. The van der Waals surface area contributed by atoms with Gasteiger partial charge in [-0.2, -0.15) is 27.7 Å². The molecule has 10 nitrogen and oxygen atoms in total. The molecular weight excluding hydrogens is 559 g/mol. The average molecular weight is 578 g/mol. The van der Waals surface area contributed by atoms with E-state index in [1.54, 1.807) is 17.1 Å².